The summed E-state index contributed by atoms with van der Waals surface area (Å²) in [5.41, 5.74) is 1.52. The van der Waals surface area contributed by atoms with Gasteiger partial charge in [-0.05, 0) is 48.0 Å². The van der Waals surface area contributed by atoms with E-state index in [2.05, 4.69) is 21.2 Å². The molecule has 0 bridgehead atoms. The van der Waals surface area contributed by atoms with Crippen molar-refractivity contribution >= 4 is 43.5 Å². The van der Waals surface area contributed by atoms with Crippen molar-refractivity contribution in [2.45, 2.75) is 17.4 Å². The van der Waals surface area contributed by atoms with Gasteiger partial charge in [0.05, 0.1) is 10.5 Å². The van der Waals surface area contributed by atoms with Crippen LogP contribution >= 0.6 is 15.9 Å². The number of amides is 1. The van der Waals surface area contributed by atoms with Gasteiger partial charge in [-0.25, -0.2) is 18.4 Å². The Morgan fingerprint density at radius 1 is 1.20 bits per heavy atom. The molecule has 9 heteroatoms. The van der Waals surface area contributed by atoms with Crippen LogP contribution in [0.1, 0.15) is 15.9 Å². The first kappa shape index (κ1) is 17.6. The molecule has 0 saturated carbocycles. The van der Waals surface area contributed by atoms with Gasteiger partial charge in [0.25, 0.3) is 5.91 Å². The average Bonchev–Trinajstić information content (AvgIpc) is 2.54. The first-order valence-electron chi connectivity index (χ1n) is 7.17. The summed E-state index contributed by atoms with van der Waals surface area (Å²) in [5, 5.41) is 7.61. The van der Waals surface area contributed by atoms with Crippen molar-refractivity contribution in [1.29, 1.82) is 0 Å². The highest BCUT2D eigenvalue weighted by molar-refractivity contribution is 9.10. The summed E-state index contributed by atoms with van der Waals surface area (Å²) >= 11 is 3.33. The van der Waals surface area contributed by atoms with Gasteiger partial charge in [-0.2, -0.15) is 0 Å². The van der Waals surface area contributed by atoms with E-state index in [1.807, 2.05) is 0 Å². The molecule has 1 atom stereocenters. The molecule has 1 aliphatic rings. The third-order valence-corrected chi connectivity index (χ3v) is 5.11. The fourth-order valence-corrected chi connectivity index (χ4v) is 3.39. The second-order valence-electron chi connectivity index (χ2n) is 5.46. The second kappa shape index (κ2) is 6.58. The van der Waals surface area contributed by atoms with Gasteiger partial charge < -0.3 is 10.1 Å². The van der Waals surface area contributed by atoms with E-state index in [1.165, 1.54) is 24.3 Å². The summed E-state index contributed by atoms with van der Waals surface area (Å²) in [6, 6.07) is 10.5. The topological polar surface area (TPSA) is 116 Å². The predicted molar refractivity (Wildman–Crippen MR) is 93.5 cm³/mol. The van der Waals surface area contributed by atoms with Gasteiger partial charge in [0.1, 0.15) is 0 Å². The van der Waals surface area contributed by atoms with Crippen LogP contribution < -0.4 is 10.5 Å². The third-order valence-electron chi connectivity index (χ3n) is 3.68. The zero-order chi connectivity index (χ0) is 18.2. The second-order valence-corrected chi connectivity index (χ2v) is 7.94. The number of carbonyl (C=O) groups is 2. The van der Waals surface area contributed by atoms with Crippen molar-refractivity contribution in [1.82, 2.24) is 0 Å². The molecule has 0 saturated heterocycles. The molecule has 2 aromatic carbocycles. The largest absolute Gasteiger partial charge is 0.448 e. The maximum Gasteiger partial charge on any atom is 0.339 e. The number of hydrogen-bond acceptors (Lipinski definition) is 5. The van der Waals surface area contributed by atoms with Crippen LogP contribution in [-0.4, -0.2) is 26.4 Å². The number of hydrogen-bond donors (Lipinski definition) is 2. The SMILES string of the molecule is NS(=O)(=O)c1ccc(NC(=O)[C@@H]2Cc3cc(Br)ccc3C(=O)O2)cc1. The number of nitrogens with one attached hydrogen (secondary N) is 1. The van der Waals surface area contributed by atoms with E-state index in [0.717, 1.165) is 10.0 Å². The Hall–Kier alpha value is -2.23. The zero-order valence-corrected chi connectivity index (χ0v) is 15.1. The molecular weight excluding hydrogens is 412 g/mol. The first-order chi connectivity index (χ1) is 11.7. The predicted octanol–water partition coefficient (Wildman–Crippen LogP) is 1.82. The molecular formula is C16H13BrN2O5S. The van der Waals surface area contributed by atoms with Gasteiger partial charge in [-0.3, -0.25) is 4.79 Å². The van der Waals surface area contributed by atoms with Crippen LogP contribution in [0.15, 0.2) is 51.8 Å². The number of sulfonamides is 1. The van der Waals surface area contributed by atoms with Crippen molar-refractivity contribution in [3.8, 4) is 0 Å². The lowest BCUT2D eigenvalue weighted by molar-refractivity contribution is -0.125. The summed E-state index contributed by atoms with van der Waals surface area (Å²) in [6.45, 7) is 0. The molecule has 3 rings (SSSR count). The lowest BCUT2D eigenvalue weighted by Gasteiger charge is -2.24. The summed E-state index contributed by atoms with van der Waals surface area (Å²) in [4.78, 5) is 24.3. The molecule has 1 aliphatic heterocycles. The molecule has 0 aliphatic carbocycles. The highest BCUT2D eigenvalue weighted by Gasteiger charge is 2.31. The molecule has 0 aromatic heterocycles. The number of primary sulfonamides is 1. The maximum atomic E-state index is 12.3. The van der Waals surface area contributed by atoms with Crippen LogP contribution in [0.4, 0.5) is 5.69 Å². The van der Waals surface area contributed by atoms with Crippen LogP contribution in [0.5, 0.6) is 0 Å². The number of fused-ring (bicyclic) bond motifs is 1. The molecule has 130 valence electrons. The van der Waals surface area contributed by atoms with Crippen molar-refractivity contribution in [2.75, 3.05) is 5.32 Å². The number of rotatable bonds is 3. The van der Waals surface area contributed by atoms with E-state index < -0.39 is 28.0 Å². The number of nitrogens with two attached hydrogens (primary N) is 1. The lowest BCUT2D eigenvalue weighted by atomic mass is 9.98. The number of cyclic esters (lactones) is 1. The van der Waals surface area contributed by atoms with E-state index in [0.29, 0.717) is 11.3 Å². The highest BCUT2D eigenvalue weighted by atomic mass is 79.9. The van der Waals surface area contributed by atoms with E-state index in [4.69, 9.17) is 9.88 Å². The molecule has 3 N–H and O–H groups in total. The Morgan fingerprint density at radius 3 is 2.52 bits per heavy atom. The third kappa shape index (κ3) is 3.89. The molecule has 1 amide bonds. The standard InChI is InChI=1S/C16H13BrN2O5S/c17-10-1-6-13-9(7-10)8-14(24-16(13)21)15(20)19-11-2-4-12(5-3-11)25(18,22)23/h1-7,14H,8H2,(H,19,20)(H2,18,22,23)/t14-/m0/s1. The normalized spacial score (nSPS) is 16.7. The van der Waals surface area contributed by atoms with Crippen molar-refractivity contribution in [2.24, 2.45) is 5.14 Å². The van der Waals surface area contributed by atoms with Gasteiger partial charge in [-0.15, -0.1) is 0 Å². The van der Waals surface area contributed by atoms with Crippen molar-refractivity contribution in [3.63, 3.8) is 0 Å². The minimum absolute atomic E-state index is 0.0617. The fraction of sp³-hybridized carbons (Fsp3) is 0.125. The van der Waals surface area contributed by atoms with Gasteiger partial charge >= 0.3 is 5.97 Å². The number of halogens is 1. The van der Waals surface area contributed by atoms with Crippen LogP contribution in [0.3, 0.4) is 0 Å². The minimum Gasteiger partial charge on any atom is -0.448 e. The number of ether oxygens (including phenoxy) is 1. The van der Waals surface area contributed by atoms with Crippen LogP contribution in [0, 0.1) is 0 Å². The van der Waals surface area contributed by atoms with E-state index in [-0.39, 0.29) is 11.3 Å². The Balaban J connectivity index is 1.75. The Kier molecular flexibility index (Phi) is 4.63. The monoisotopic (exact) mass is 424 g/mol. The fourth-order valence-electron chi connectivity index (χ4n) is 2.46. The average molecular weight is 425 g/mol. The van der Waals surface area contributed by atoms with Crippen LogP contribution in [-0.2, 0) is 26.0 Å². The number of anilines is 1. The highest BCUT2D eigenvalue weighted by Crippen LogP contribution is 2.25. The molecule has 1 heterocycles. The maximum absolute atomic E-state index is 12.3. The lowest BCUT2D eigenvalue weighted by Crippen LogP contribution is -2.38. The number of carbonyl (C=O) groups excluding carboxylic acids is 2. The van der Waals surface area contributed by atoms with E-state index >= 15 is 0 Å². The van der Waals surface area contributed by atoms with Gasteiger partial charge in [0, 0.05) is 16.6 Å². The smallest absolute Gasteiger partial charge is 0.339 e. The summed E-state index contributed by atoms with van der Waals surface area (Å²) in [5.74, 6) is -1.05. The summed E-state index contributed by atoms with van der Waals surface area (Å²) in [7, 11) is -3.80. The van der Waals surface area contributed by atoms with Crippen LogP contribution in [0.2, 0.25) is 0 Å². The Bertz CT molecular complexity index is 957. The number of esters is 1. The minimum atomic E-state index is -3.80. The van der Waals surface area contributed by atoms with E-state index in [1.54, 1.807) is 18.2 Å². The van der Waals surface area contributed by atoms with Crippen molar-refractivity contribution in [3.05, 3.63) is 58.1 Å². The number of benzene rings is 2. The summed E-state index contributed by atoms with van der Waals surface area (Å²) < 4.78 is 28.4. The van der Waals surface area contributed by atoms with Gasteiger partial charge in [0.2, 0.25) is 10.0 Å². The molecule has 0 fully saturated rings. The molecule has 7 nitrogen and oxygen atoms in total. The summed E-state index contributed by atoms with van der Waals surface area (Å²) in [6.07, 6.45) is -0.714. The Labute approximate surface area is 152 Å². The Morgan fingerprint density at radius 2 is 1.88 bits per heavy atom. The molecule has 0 radical (unpaired) electrons. The first-order valence-corrected chi connectivity index (χ1v) is 9.51. The van der Waals surface area contributed by atoms with Gasteiger partial charge in [0.15, 0.2) is 6.10 Å². The van der Waals surface area contributed by atoms with Crippen molar-refractivity contribution < 1.29 is 22.7 Å². The molecule has 25 heavy (non-hydrogen) atoms. The van der Waals surface area contributed by atoms with Gasteiger partial charge in [-0.1, -0.05) is 15.9 Å². The molecule has 0 spiro atoms. The zero-order valence-electron chi connectivity index (χ0n) is 12.7. The quantitative estimate of drug-likeness (QED) is 0.728. The van der Waals surface area contributed by atoms with E-state index in [9.17, 15) is 18.0 Å². The molecule has 2 aromatic rings. The van der Waals surface area contributed by atoms with Crippen LogP contribution in [0.25, 0.3) is 0 Å². The molecule has 0 unspecified atom stereocenters.